The van der Waals surface area contributed by atoms with Crippen molar-refractivity contribution in [1.29, 1.82) is 0 Å². The van der Waals surface area contributed by atoms with Crippen molar-refractivity contribution >= 4 is 9.84 Å². The lowest BCUT2D eigenvalue weighted by Gasteiger charge is -1.97. The summed E-state index contributed by atoms with van der Waals surface area (Å²) in [5, 5.41) is 2.83. The highest BCUT2D eigenvalue weighted by Gasteiger charge is 1.98. The lowest BCUT2D eigenvalue weighted by molar-refractivity contribution is 0.598. The van der Waals surface area contributed by atoms with Gasteiger partial charge in [0.15, 0.2) is 0 Å². The van der Waals surface area contributed by atoms with Crippen LogP contribution in [0.1, 0.15) is 0 Å². The Bertz CT molecular complexity index is 184. The van der Waals surface area contributed by atoms with Crippen LogP contribution < -0.4 is 5.32 Å². The molecule has 4 heteroatoms. The van der Waals surface area contributed by atoms with Crippen LogP contribution in [0.5, 0.6) is 0 Å². The maximum atomic E-state index is 10.5. The van der Waals surface area contributed by atoms with Gasteiger partial charge in [0.25, 0.3) is 0 Å². The highest BCUT2D eigenvalue weighted by atomic mass is 32.2. The fourth-order valence-corrected chi connectivity index (χ4v) is 0.958. The summed E-state index contributed by atoms with van der Waals surface area (Å²) in [5.74, 6) is 0.167. The monoisotopic (exact) mass is 162 g/mol. The maximum Gasteiger partial charge on any atom is 0.148 e. The van der Waals surface area contributed by atoms with Crippen LogP contribution >= 0.6 is 0 Å². The molecule has 0 spiro atoms. The average molecular weight is 162 g/mol. The lowest BCUT2D eigenvalue weighted by atomic mass is 10.6. The van der Waals surface area contributed by atoms with E-state index in [2.05, 4.69) is 5.32 Å². The summed E-state index contributed by atoms with van der Waals surface area (Å²) in [5.41, 5.74) is 0. The molecule has 0 aromatic carbocycles. The molecule has 0 aromatic rings. The second-order valence-corrected chi connectivity index (χ2v) is 4.33. The molecule has 59 valence electrons. The van der Waals surface area contributed by atoms with Crippen LogP contribution in [0, 0.1) is 6.58 Å². The minimum atomic E-state index is -2.82. The summed E-state index contributed by atoms with van der Waals surface area (Å²) >= 11 is 0. The van der Waals surface area contributed by atoms with Crippen molar-refractivity contribution in [2.45, 2.75) is 0 Å². The first-order chi connectivity index (χ1) is 4.56. The molecule has 0 saturated carbocycles. The molecule has 0 unspecified atom stereocenters. The Morgan fingerprint density at radius 1 is 1.60 bits per heavy atom. The topological polar surface area (TPSA) is 46.2 Å². The third kappa shape index (κ3) is 7.65. The van der Waals surface area contributed by atoms with Crippen molar-refractivity contribution in [3.8, 4) is 0 Å². The van der Waals surface area contributed by atoms with Crippen molar-refractivity contribution in [3.63, 3.8) is 0 Å². The number of hydrogen-bond donors (Lipinski definition) is 1. The van der Waals surface area contributed by atoms with Crippen LogP contribution in [0.3, 0.4) is 0 Å². The Labute approximate surface area is 62.0 Å². The van der Waals surface area contributed by atoms with Crippen LogP contribution in [0.15, 0.2) is 6.08 Å². The van der Waals surface area contributed by atoms with E-state index in [1.165, 1.54) is 12.3 Å². The molecule has 0 aliphatic carbocycles. The first-order valence-electron chi connectivity index (χ1n) is 2.98. The number of rotatable bonds is 5. The third-order valence-electron chi connectivity index (χ3n) is 0.912. The molecule has 0 rings (SSSR count). The van der Waals surface area contributed by atoms with Crippen LogP contribution in [0.25, 0.3) is 0 Å². The van der Waals surface area contributed by atoms with Crippen molar-refractivity contribution in [3.05, 3.63) is 12.7 Å². The normalized spacial score (nSPS) is 11.3. The molecule has 1 N–H and O–H groups in total. The molecule has 0 aromatic heterocycles. The zero-order valence-corrected chi connectivity index (χ0v) is 6.82. The molecule has 0 amide bonds. The highest BCUT2D eigenvalue weighted by molar-refractivity contribution is 7.90. The predicted octanol–water partition coefficient (Wildman–Crippen LogP) is -0.390. The van der Waals surface area contributed by atoms with Gasteiger partial charge in [-0.05, 0) is 0 Å². The summed E-state index contributed by atoms with van der Waals surface area (Å²) in [6.45, 7) is 6.06. The van der Waals surface area contributed by atoms with Gasteiger partial charge in [-0.15, -0.1) is 0 Å². The summed E-state index contributed by atoms with van der Waals surface area (Å²) in [6, 6.07) is 0. The van der Waals surface area contributed by atoms with Gasteiger partial charge in [-0.3, -0.25) is 0 Å². The smallest absolute Gasteiger partial charge is 0.148 e. The van der Waals surface area contributed by atoms with Crippen molar-refractivity contribution in [2.75, 3.05) is 25.1 Å². The largest absolute Gasteiger partial charge is 0.312 e. The Morgan fingerprint density at radius 2 is 2.20 bits per heavy atom. The van der Waals surface area contributed by atoms with Crippen LogP contribution in [0.2, 0.25) is 0 Å². The Morgan fingerprint density at radius 3 is 2.60 bits per heavy atom. The number of hydrogen-bond acceptors (Lipinski definition) is 3. The molecule has 0 aliphatic heterocycles. The fourth-order valence-electron chi connectivity index (χ4n) is 0.443. The molecular weight excluding hydrogens is 150 g/mol. The summed E-state index contributed by atoms with van der Waals surface area (Å²) in [4.78, 5) is 0. The van der Waals surface area contributed by atoms with Gasteiger partial charge in [0.1, 0.15) is 9.84 Å². The van der Waals surface area contributed by atoms with Crippen LogP contribution in [-0.2, 0) is 9.84 Å². The summed E-state index contributed by atoms with van der Waals surface area (Å²) in [7, 11) is -2.82. The van der Waals surface area contributed by atoms with Crippen molar-refractivity contribution in [2.24, 2.45) is 0 Å². The Balaban J connectivity index is 3.29. The maximum absolute atomic E-state index is 10.5. The lowest BCUT2D eigenvalue weighted by Crippen LogP contribution is -2.22. The molecular formula is C6H12NO2S. The minimum absolute atomic E-state index is 0.167. The highest BCUT2D eigenvalue weighted by Crippen LogP contribution is 1.78. The van der Waals surface area contributed by atoms with E-state index >= 15 is 0 Å². The molecule has 0 heterocycles. The molecule has 0 bridgehead atoms. The number of sulfone groups is 1. The van der Waals surface area contributed by atoms with Crippen LogP contribution in [-0.4, -0.2) is 33.5 Å². The van der Waals surface area contributed by atoms with Gasteiger partial charge in [-0.2, -0.15) is 0 Å². The molecule has 1 radical (unpaired) electrons. The Hall–Kier alpha value is -0.350. The first-order valence-corrected chi connectivity index (χ1v) is 5.04. The third-order valence-corrected chi connectivity index (χ3v) is 1.86. The molecule has 0 fully saturated rings. The second-order valence-electron chi connectivity index (χ2n) is 2.07. The fraction of sp³-hybridized carbons (Fsp3) is 0.667. The second kappa shape index (κ2) is 4.46. The van der Waals surface area contributed by atoms with E-state index in [-0.39, 0.29) is 5.75 Å². The van der Waals surface area contributed by atoms with Gasteiger partial charge in [-0.25, -0.2) is 8.42 Å². The molecule has 0 saturated heterocycles. The van der Waals surface area contributed by atoms with E-state index in [0.29, 0.717) is 13.1 Å². The van der Waals surface area contributed by atoms with Crippen LogP contribution in [0.4, 0.5) is 0 Å². The van der Waals surface area contributed by atoms with Gasteiger partial charge in [-0.1, -0.05) is 12.7 Å². The standard InChI is InChI=1S/C6H12NO2S/c1-3-4-7-5-6-10(2,8)9/h1,3,7H,4-6H2,2H3. The summed E-state index contributed by atoms with van der Waals surface area (Å²) < 4.78 is 21.0. The quantitative estimate of drug-likeness (QED) is 0.560. The molecule has 10 heavy (non-hydrogen) atoms. The predicted molar refractivity (Wildman–Crippen MR) is 41.5 cm³/mol. The zero-order valence-electron chi connectivity index (χ0n) is 6.00. The van der Waals surface area contributed by atoms with Gasteiger partial charge in [0.2, 0.25) is 0 Å². The van der Waals surface area contributed by atoms with E-state index in [0.717, 1.165) is 0 Å². The first kappa shape index (κ1) is 9.65. The zero-order chi connectivity index (χ0) is 8.04. The van der Waals surface area contributed by atoms with E-state index in [1.807, 2.05) is 0 Å². The van der Waals surface area contributed by atoms with E-state index in [4.69, 9.17) is 6.58 Å². The summed E-state index contributed by atoms with van der Waals surface area (Å²) in [6.07, 6.45) is 2.66. The van der Waals surface area contributed by atoms with E-state index in [9.17, 15) is 8.42 Å². The van der Waals surface area contributed by atoms with Crippen molar-refractivity contribution < 1.29 is 8.42 Å². The minimum Gasteiger partial charge on any atom is -0.312 e. The van der Waals surface area contributed by atoms with Crippen molar-refractivity contribution in [1.82, 2.24) is 5.32 Å². The number of nitrogens with one attached hydrogen (secondary N) is 1. The van der Waals surface area contributed by atoms with Gasteiger partial charge in [0.05, 0.1) is 5.75 Å². The molecule has 0 aliphatic rings. The Kier molecular flexibility index (Phi) is 4.31. The molecule has 0 atom stereocenters. The van der Waals surface area contributed by atoms with E-state index < -0.39 is 9.84 Å². The van der Waals surface area contributed by atoms with E-state index in [1.54, 1.807) is 0 Å². The van der Waals surface area contributed by atoms with Gasteiger partial charge in [0, 0.05) is 19.3 Å². The van der Waals surface area contributed by atoms with Gasteiger partial charge < -0.3 is 5.32 Å². The average Bonchev–Trinajstić information content (AvgIpc) is 1.78. The SMILES string of the molecule is [CH]=CCNCCS(C)(=O)=O. The molecule has 3 nitrogen and oxygen atoms in total. The van der Waals surface area contributed by atoms with Gasteiger partial charge >= 0.3 is 0 Å².